The van der Waals surface area contributed by atoms with Crippen LogP contribution in [-0.4, -0.2) is 0 Å². The monoisotopic (exact) mass is 317 g/mol. The van der Waals surface area contributed by atoms with Gasteiger partial charge in [-0.25, -0.2) is 0 Å². The molecule has 0 saturated carbocycles. The number of halogens is 1. The van der Waals surface area contributed by atoms with E-state index in [4.69, 9.17) is 0 Å². The Bertz CT molecular complexity index is 546. The van der Waals surface area contributed by atoms with Crippen LogP contribution in [0.3, 0.4) is 0 Å². The Labute approximate surface area is 124 Å². The third-order valence-electron chi connectivity index (χ3n) is 3.45. The molecular weight excluding hydrogens is 298 g/mol. The van der Waals surface area contributed by atoms with Crippen molar-refractivity contribution in [1.82, 2.24) is 0 Å². The predicted octanol–water partition coefficient (Wildman–Crippen LogP) is 5.49. The van der Waals surface area contributed by atoms with Gasteiger partial charge in [-0.2, -0.15) is 0 Å². The van der Waals surface area contributed by atoms with Crippen LogP contribution in [0.2, 0.25) is 0 Å². The Morgan fingerprint density at radius 3 is 2.42 bits per heavy atom. The van der Waals surface area contributed by atoms with Crippen LogP contribution in [0.4, 0.5) is 5.69 Å². The maximum absolute atomic E-state index is 3.64. The fraction of sp³-hybridized carbons (Fsp3) is 0.294. The normalized spacial score (nSPS) is 12.2. The Morgan fingerprint density at radius 1 is 1.11 bits per heavy atom. The van der Waals surface area contributed by atoms with E-state index in [-0.39, 0.29) is 0 Å². The van der Waals surface area contributed by atoms with Crippen LogP contribution in [-0.2, 0) is 6.42 Å². The van der Waals surface area contributed by atoms with E-state index in [0.717, 1.165) is 16.6 Å². The standard InChI is InChI=1S/C17H20BrN/c1-4-14-8-10-15(11-9-14)13(3)19-16-7-5-6-12(2)17(16)18/h5-11,13,19H,4H2,1-3H3. The average Bonchev–Trinajstić information content (AvgIpc) is 2.44. The first-order valence-corrected chi connectivity index (χ1v) is 7.51. The highest BCUT2D eigenvalue weighted by molar-refractivity contribution is 9.10. The Hall–Kier alpha value is -1.28. The molecule has 1 N–H and O–H groups in total. The lowest BCUT2D eigenvalue weighted by molar-refractivity contribution is 0.881. The summed E-state index contributed by atoms with van der Waals surface area (Å²) in [7, 11) is 0. The van der Waals surface area contributed by atoms with Crippen LogP contribution >= 0.6 is 15.9 Å². The summed E-state index contributed by atoms with van der Waals surface area (Å²) in [4.78, 5) is 0. The fourth-order valence-electron chi connectivity index (χ4n) is 2.12. The van der Waals surface area contributed by atoms with Crippen LogP contribution in [0.1, 0.15) is 36.6 Å². The molecule has 19 heavy (non-hydrogen) atoms. The molecule has 100 valence electrons. The highest BCUT2D eigenvalue weighted by atomic mass is 79.9. The van der Waals surface area contributed by atoms with Gasteiger partial charge in [0.2, 0.25) is 0 Å². The average molecular weight is 318 g/mol. The lowest BCUT2D eigenvalue weighted by Crippen LogP contribution is -2.07. The van der Waals surface area contributed by atoms with Gasteiger partial charge in [0.05, 0.1) is 0 Å². The molecule has 0 fully saturated rings. The number of rotatable bonds is 4. The van der Waals surface area contributed by atoms with Gasteiger partial charge in [-0.05, 0) is 59.0 Å². The lowest BCUT2D eigenvalue weighted by atomic mass is 10.0. The molecule has 0 aliphatic carbocycles. The maximum Gasteiger partial charge on any atom is 0.0492 e. The fourth-order valence-corrected chi connectivity index (χ4v) is 2.50. The summed E-state index contributed by atoms with van der Waals surface area (Å²) < 4.78 is 1.15. The number of hydrogen-bond acceptors (Lipinski definition) is 1. The lowest BCUT2D eigenvalue weighted by Gasteiger charge is -2.18. The molecule has 0 radical (unpaired) electrons. The van der Waals surface area contributed by atoms with Gasteiger partial charge < -0.3 is 5.32 Å². The van der Waals surface area contributed by atoms with E-state index in [0.29, 0.717) is 6.04 Å². The van der Waals surface area contributed by atoms with Crippen molar-refractivity contribution in [2.24, 2.45) is 0 Å². The first-order chi connectivity index (χ1) is 9.11. The van der Waals surface area contributed by atoms with E-state index in [1.807, 2.05) is 0 Å². The summed E-state index contributed by atoms with van der Waals surface area (Å²) in [5.41, 5.74) is 5.09. The highest BCUT2D eigenvalue weighted by Crippen LogP contribution is 2.29. The molecular formula is C17H20BrN. The summed E-state index contributed by atoms with van der Waals surface area (Å²) in [6, 6.07) is 15.4. The van der Waals surface area contributed by atoms with Gasteiger partial charge in [-0.3, -0.25) is 0 Å². The highest BCUT2D eigenvalue weighted by Gasteiger charge is 2.08. The van der Waals surface area contributed by atoms with Crippen molar-refractivity contribution in [2.45, 2.75) is 33.2 Å². The van der Waals surface area contributed by atoms with E-state index in [9.17, 15) is 0 Å². The molecule has 0 bridgehead atoms. The molecule has 0 amide bonds. The molecule has 1 unspecified atom stereocenters. The second kappa shape index (κ2) is 6.25. The number of anilines is 1. The molecule has 2 aromatic rings. The van der Waals surface area contributed by atoms with Gasteiger partial charge in [0.15, 0.2) is 0 Å². The molecule has 0 saturated heterocycles. The van der Waals surface area contributed by atoms with Crippen molar-refractivity contribution in [1.29, 1.82) is 0 Å². The molecule has 0 heterocycles. The van der Waals surface area contributed by atoms with E-state index < -0.39 is 0 Å². The van der Waals surface area contributed by atoms with Crippen LogP contribution in [0.25, 0.3) is 0 Å². The molecule has 0 aliphatic rings. The van der Waals surface area contributed by atoms with Crippen molar-refractivity contribution >= 4 is 21.6 Å². The molecule has 1 atom stereocenters. The van der Waals surface area contributed by atoms with Crippen LogP contribution in [0, 0.1) is 6.92 Å². The minimum Gasteiger partial charge on any atom is -0.378 e. The molecule has 0 aromatic heterocycles. The van der Waals surface area contributed by atoms with Gasteiger partial charge in [0, 0.05) is 16.2 Å². The van der Waals surface area contributed by atoms with E-state index in [2.05, 4.69) is 84.5 Å². The molecule has 2 aromatic carbocycles. The zero-order chi connectivity index (χ0) is 13.8. The summed E-state index contributed by atoms with van der Waals surface area (Å²) in [6.45, 7) is 6.48. The van der Waals surface area contributed by atoms with Crippen molar-refractivity contribution in [3.63, 3.8) is 0 Å². The van der Waals surface area contributed by atoms with Gasteiger partial charge >= 0.3 is 0 Å². The van der Waals surface area contributed by atoms with Crippen LogP contribution in [0.15, 0.2) is 46.9 Å². The third kappa shape index (κ3) is 3.38. The second-order valence-corrected chi connectivity index (χ2v) is 5.69. The predicted molar refractivity (Wildman–Crippen MR) is 86.7 cm³/mol. The first-order valence-electron chi connectivity index (χ1n) is 6.72. The molecule has 1 nitrogen and oxygen atoms in total. The topological polar surface area (TPSA) is 12.0 Å². The number of aryl methyl sites for hydroxylation is 2. The summed E-state index contributed by atoms with van der Waals surface area (Å²) in [5, 5.41) is 3.56. The minimum atomic E-state index is 0.295. The van der Waals surface area contributed by atoms with Crippen LogP contribution in [0.5, 0.6) is 0 Å². The Kier molecular flexibility index (Phi) is 4.65. The van der Waals surface area contributed by atoms with Gasteiger partial charge in [-0.15, -0.1) is 0 Å². The quantitative estimate of drug-likeness (QED) is 0.785. The van der Waals surface area contributed by atoms with Crippen molar-refractivity contribution in [2.75, 3.05) is 5.32 Å². The van der Waals surface area contributed by atoms with Crippen molar-refractivity contribution in [3.05, 3.63) is 63.6 Å². The number of nitrogens with one attached hydrogen (secondary N) is 1. The Morgan fingerprint density at radius 2 is 1.79 bits per heavy atom. The SMILES string of the molecule is CCc1ccc(C(C)Nc2cccc(C)c2Br)cc1. The summed E-state index contributed by atoms with van der Waals surface area (Å²) >= 11 is 3.64. The zero-order valence-electron chi connectivity index (χ0n) is 11.7. The number of benzene rings is 2. The molecule has 2 heteroatoms. The first kappa shape index (κ1) is 14.1. The van der Waals surface area contributed by atoms with Gasteiger partial charge in [-0.1, -0.05) is 43.3 Å². The summed E-state index contributed by atoms with van der Waals surface area (Å²) in [6.07, 6.45) is 1.09. The van der Waals surface area contributed by atoms with Gasteiger partial charge in [0.25, 0.3) is 0 Å². The van der Waals surface area contributed by atoms with E-state index >= 15 is 0 Å². The molecule has 0 spiro atoms. The number of hydrogen-bond donors (Lipinski definition) is 1. The second-order valence-electron chi connectivity index (χ2n) is 4.90. The van der Waals surface area contributed by atoms with E-state index in [1.165, 1.54) is 16.7 Å². The molecule has 2 rings (SSSR count). The van der Waals surface area contributed by atoms with Crippen LogP contribution < -0.4 is 5.32 Å². The minimum absolute atomic E-state index is 0.295. The Balaban J connectivity index is 2.15. The zero-order valence-corrected chi connectivity index (χ0v) is 13.3. The van der Waals surface area contributed by atoms with E-state index in [1.54, 1.807) is 0 Å². The maximum atomic E-state index is 3.64. The largest absolute Gasteiger partial charge is 0.378 e. The smallest absolute Gasteiger partial charge is 0.0492 e. The van der Waals surface area contributed by atoms with Crippen molar-refractivity contribution < 1.29 is 0 Å². The molecule has 0 aliphatic heterocycles. The third-order valence-corrected chi connectivity index (χ3v) is 4.50. The van der Waals surface area contributed by atoms with Gasteiger partial charge in [0.1, 0.15) is 0 Å². The van der Waals surface area contributed by atoms with Crippen molar-refractivity contribution in [3.8, 4) is 0 Å². The summed E-state index contributed by atoms with van der Waals surface area (Å²) in [5.74, 6) is 0.